The summed E-state index contributed by atoms with van der Waals surface area (Å²) in [5, 5.41) is 1.64. The largest absolute Gasteiger partial charge is 0.293 e. The molecule has 0 aliphatic heterocycles. The van der Waals surface area contributed by atoms with Crippen LogP contribution in [0.2, 0.25) is 5.15 Å². The van der Waals surface area contributed by atoms with Gasteiger partial charge in [-0.05, 0) is 38.8 Å². The van der Waals surface area contributed by atoms with Crippen LogP contribution in [0.3, 0.4) is 0 Å². The van der Waals surface area contributed by atoms with Crippen molar-refractivity contribution in [1.82, 2.24) is 14.9 Å². The fraction of sp³-hybridized carbons (Fsp3) is 0.625. The quantitative estimate of drug-likeness (QED) is 0.762. The molecule has 114 valence electrons. The Balaban J connectivity index is 1.89. The molecule has 0 saturated heterocycles. The zero-order chi connectivity index (χ0) is 15.0. The smallest absolute Gasteiger partial charge is 0.145 e. The summed E-state index contributed by atoms with van der Waals surface area (Å²) < 4.78 is 0. The van der Waals surface area contributed by atoms with E-state index in [-0.39, 0.29) is 0 Å². The SMILES string of the molecule is CCN(Cc1nc(Cl)c2c(C)c(C)sc2n1)C1CCCC1. The number of rotatable bonds is 4. The third kappa shape index (κ3) is 2.94. The van der Waals surface area contributed by atoms with E-state index in [4.69, 9.17) is 16.6 Å². The van der Waals surface area contributed by atoms with E-state index in [0.29, 0.717) is 11.2 Å². The molecule has 3 nitrogen and oxygen atoms in total. The second-order valence-corrected chi connectivity index (χ2v) is 7.46. The summed E-state index contributed by atoms with van der Waals surface area (Å²) in [6, 6.07) is 0.694. The summed E-state index contributed by atoms with van der Waals surface area (Å²) in [6.07, 6.45) is 5.32. The van der Waals surface area contributed by atoms with Gasteiger partial charge in [-0.2, -0.15) is 0 Å². The highest BCUT2D eigenvalue weighted by Gasteiger charge is 2.23. The molecule has 0 unspecified atom stereocenters. The Kier molecular flexibility index (Phi) is 4.48. The molecule has 21 heavy (non-hydrogen) atoms. The van der Waals surface area contributed by atoms with Gasteiger partial charge in [0.05, 0.1) is 11.9 Å². The lowest BCUT2D eigenvalue weighted by atomic mass is 10.2. The lowest BCUT2D eigenvalue weighted by Gasteiger charge is -2.26. The predicted octanol–water partition coefficient (Wildman–Crippen LogP) is 4.73. The van der Waals surface area contributed by atoms with Gasteiger partial charge in [0.25, 0.3) is 0 Å². The number of halogens is 1. The standard InChI is InChI=1S/C16H22ClN3S/c1-4-20(12-7-5-6-8-12)9-13-18-15(17)14-10(2)11(3)21-16(14)19-13/h12H,4-9H2,1-3H3. The molecule has 3 rings (SSSR count). The molecule has 1 aliphatic carbocycles. The predicted molar refractivity (Wildman–Crippen MR) is 90.2 cm³/mol. The van der Waals surface area contributed by atoms with Crippen LogP contribution in [0.1, 0.15) is 48.9 Å². The highest BCUT2D eigenvalue weighted by Crippen LogP contribution is 2.33. The van der Waals surface area contributed by atoms with Crippen molar-refractivity contribution < 1.29 is 0 Å². The first kappa shape index (κ1) is 15.2. The lowest BCUT2D eigenvalue weighted by Crippen LogP contribution is -2.33. The van der Waals surface area contributed by atoms with E-state index < -0.39 is 0 Å². The normalized spacial score (nSPS) is 16.4. The first-order chi connectivity index (χ1) is 10.1. The van der Waals surface area contributed by atoms with Crippen LogP contribution in [0, 0.1) is 13.8 Å². The molecular formula is C16H22ClN3S. The Bertz CT molecular complexity index is 646. The third-order valence-corrected chi connectivity index (χ3v) is 6.00. The van der Waals surface area contributed by atoms with Crippen molar-refractivity contribution in [2.24, 2.45) is 0 Å². The van der Waals surface area contributed by atoms with Crippen molar-refractivity contribution in [2.75, 3.05) is 6.54 Å². The molecule has 0 N–H and O–H groups in total. The first-order valence-corrected chi connectivity index (χ1v) is 8.95. The van der Waals surface area contributed by atoms with Gasteiger partial charge in [0.1, 0.15) is 15.8 Å². The highest BCUT2D eigenvalue weighted by molar-refractivity contribution is 7.18. The Morgan fingerprint density at radius 3 is 2.62 bits per heavy atom. The second-order valence-electron chi connectivity index (χ2n) is 5.90. The van der Waals surface area contributed by atoms with Crippen LogP contribution in [0.15, 0.2) is 0 Å². The average Bonchev–Trinajstić information content (AvgIpc) is 3.06. The Labute approximate surface area is 135 Å². The minimum atomic E-state index is 0.610. The fourth-order valence-electron chi connectivity index (χ4n) is 3.26. The third-order valence-electron chi connectivity index (χ3n) is 4.62. The minimum absolute atomic E-state index is 0.610. The number of aryl methyl sites for hydroxylation is 2. The van der Waals surface area contributed by atoms with Crippen molar-refractivity contribution in [3.8, 4) is 0 Å². The Morgan fingerprint density at radius 1 is 1.24 bits per heavy atom. The van der Waals surface area contributed by atoms with E-state index in [1.807, 2.05) is 0 Å². The molecule has 0 aromatic carbocycles. The van der Waals surface area contributed by atoms with E-state index in [1.54, 1.807) is 11.3 Å². The van der Waals surface area contributed by atoms with E-state index in [0.717, 1.165) is 29.1 Å². The maximum Gasteiger partial charge on any atom is 0.145 e. The van der Waals surface area contributed by atoms with Gasteiger partial charge in [0.15, 0.2) is 0 Å². The first-order valence-electron chi connectivity index (χ1n) is 7.76. The number of nitrogens with zero attached hydrogens (tertiary/aromatic N) is 3. The van der Waals surface area contributed by atoms with Crippen molar-refractivity contribution >= 4 is 33.2 Å². The maximum atomic E-state index is 6.40. The molecule has 5 heteroatoms. The van der Waals surface area contributed by atoms with Crippen LogP contribution in [0.25, 0.3) is 10.2 Å². The van der Waals surface area contributed by atoms with E-state index in [9.17, 15) is 0 Å². The fourth-order valence-corrected chi connectivity index (χ4v) is 4.70. The summed E-state index contributed by atoms with van der Waals surface area (Å²) in [4.78, 5) is 14.1. The molecule has 0 spiro atoms. The minimum Gasteiger partial charge on any atom is -0.293 e. The number of hydrogen-bond acceptors (Lipinski definition) is 4. The van der Waals surface area contributed by atoms with Crippen molar-refractivity contribution in [2.45, 2.75) is 59.0 Å². The molecule has 0 atom stereocenters. The van der Waals surface area contributed by atoms with Crippen LogP contribution in [0.4, 0.5) is 0 Å². The summed E-state index contributed by atoms with van der Waals surface area (Å²) in [5.74, 6) is 0.863. The molecule has 0 amide bonds. The molecule has 0 radical (unpaired) electrons. The number of fused-ring (bicyclic) bond motifs is 1. The highest BCUT2D eigenvalue weighted by atomic mass is 35.5. The van der Waals surface area contributed by atoms with Crippen molar-refractivity contribution in [3.63, 3.8) is 0 Å². The molecule has 0 bridgehead atoms. The topological polar surface area (TPSA) is 29.0 Å². The van der Waals surface area contributed by atoms with Crippen LogP contribution in [-0.4, -0.2) is 27.5 Å². The molecule has 1 aliphatic rings. The van der Waals surface area contributed by atoms with Gasteiger partial charge in [-0.25, -0.2) is 9.97 Å². The molecule has 1 fully saturated rings. The van der Waals surface area contributed by atoms with Gasteiger partial charge in [0, 0.05) is 10.9 Å². The van der Waals surface area contributed by atoms with Gasteiger partial charge in [-0.1, -0.05) is 31.4 Å². The Morgan fingerprint density at radius 2 is 1.95 bits per heavy atom. The Hall–Kier alpha value is -0.710. The van der Waals surface area contributed by atoms with Gasteiger partial charge >= 0.3 is 0 Å². The maximum absolute atomic E-state index is 6.40. The van der Waals surface area contributed by atoms with E-state index in [2.05, 4.69) is 30.7 Å². The molecule has 2 heterocycles. The second kappa shape index (κ2) is 6.19. The summed E-state index contributed by atoms with van der Waals surface area (Å²) in [5.41, 5.74) is 1.22. The zero-order valence-electron chi connectivity index (χ0n) is 12.9. The van der Waals surface area contributed by atoms with Crippen LogP contribution in [0.5, 0.6) is 0 Å². The number of hydrogen-bond donors (Lipinski definition) is 0. The molecule has 1 saturated carbocycles. The molecule has 2 aromatic heterocycles. The summed E-state index contributed by atoms with van der Waals surface area (Å²) in [7, 11) is 0. The van der Waals surface area contributed by atoms with Crippen molar-refractivity contribution in [1.29, 1.82) is 0 Å². The van der Waals surface area contributed by atoms with Crippen LogP contribution < -0.4 is 0 Å². The van der Waals surface area contributed by atoms with E-state index >= 15 is 0 Å². The van der Waals surface area contributed by atoms with Crippen LogP contribution >= 0.6 is 22.9 Å². The summed E-state index contributed by atoms with van der Waals surface area (Å²) >= 11 is 8.12. The van der Waals surface area contributed by atoms with Crippen LogP contribution in [-0.2, 0) is 6.54 Å². The number of thiophene rings is 1. The monoisotopic (exact) mass is 323 g/mol. The molecular weight excluding hydrogens is 302 g/mol. The van der Waals surface area contributed by atoms with Gasteiger partial charge < -0.3 is 0 Å². The average molecular weight is 324 g/mol. The van der Waals surface area contributed by atoms with E-state index in [1.165, 1.54) is 36.1 Å². The van der Waals surface area contributed by atoms with Crippen molar-refractivity contribution in [3.05, 3.63) is 21.4 Å². The van der Waals surface area contributed by atoms with Gasteiger partial charge in [-0.15, -0.1) is 11.3 Å². The number of aromatic nitrogens is 2. The van der Waals surface area contributed by atoms with Gasteiger partial charge in [0.2, 0.25) is 0 Å². The zero-order valence-corrected chi connectivity index (χ0v) is 14.5. The molecule has 2 aromatic rings. The van der Waals surface area contributed by atoms with Gasteiger partial charge in [-0.3, -0.25) is 4.90 Å². The summed E-state index contributed by atoms with van der Waals surface area (Å²) in [6.45, 7) is 8.30. The lowest BCUT2D eigenvalue weighted by molar-refractivity contribution is 0.195.